The molecule has 0 saturated heterocycles. The van der Waals surface area contributed by atoms with Crippen LogP contribution in [0.15, 0.2) is 71.6 Å². The van der Waals surface area contributed by atoms with Crippen LogP contribution in [0, 0.1) is 5.92 Å². The summed E-state index contributed by atoms with van der Waals surface area (Å²) in [5, 5.41) is 3.64. The Morgan fingerprint density at radius 1 is 0.964 bits per heavy atom. The summed E-state index contributed by atoms with van der Waals surface area (Å²) >= 11 is 4.30. The molecule has 3 aromatic carbocycles. The van der Waals surface area contributed by atoms with E-state index in [1.165, 1.54) is 12.1 Å². The van der Waals surface area contributed by atoms with E-state index < -0.39 is 10.1 Å². The largest absolute Gasteiger partial charge is 1.00 e. The maximum absolute atomic E-state index is 12.7. The van der Waals surface area contributed by atoms with Gasteiger partial charge in [0.25, 0.3) is 0 Å². The standard InChI is InChI=1S/C20H19NO4S2.Na/c22-20(15(13-26)12-14-6-2-1-3-7-14)21-18-10-11-19(27(23,24)25)17-9-5-4-8-16(17)18;/h1-11,15,26H,12-13H2,(H,21,22)(H,23,24,25);/q;+1/p-1. The first-order chi connectivity index (χ1) is 12.9. The Morgan fingerprint density at radius 3 is 2.18 bits per heavy atom. The predicted octanol–water partition coefficient (Wildman–Crippen LogP) is 0.475. The van der Waals surface area contributed by atoms with Crippen molar-refractivity contribution in [3.05, 3.63) is 72.3 Å². The van der Waals surface area contributed by atoms with Crippen molar-refractivity contribution >= 4 is 45.1 Å². The maximum Gasteiger partial charge on any atom is 1.00 e. The summed E-state index contributed by atoms with van der Waals surface area (Å²) in [7, 11) is -4.61. The fraction of sp³-hybridized carbons (Fsp3) is 0.150. The molecule has 0 spiro atoms. The SMILES string of the molecule is O=C(Nc1ccc(S(=O)(=O)[O-])c2ccccc12)C(CS)Cc1ccccc1.[Na+]. The fourth-order valence-electron chi connectivity index (χ4n) is 2.97. The summed E-state index contributed by atoms with van der Waals surface area (Å²) in [5.74, 6) is -0.194. The first kappa shape index (κ1) is 22.9. The average Bonchev–Trinajstić information content (AvgIpc) is 2.66. The van der Waals surface area contributed by atoms with Crippen LogP contribution in [0.3, 0.4) is 0 Å². The van der Waals surface area contributed by atoms with Crippen LogP contribution < -0.4 is 34.9 Å². The van der Waals surface area contributed by atoms with Gasteiger partial charge in [0, 0.05) is 22.2 Å². The molecule has 1 N–H and O–H groups in total. The molecule has 3 aromatic rings. The van der Waals surface area contributed by atoms with Crippen LogP contribution in [-0.2, 0) is 21.3 Å². The number of nitrogens with one attached hydrogen (secondary N) is 1. The van der Waals surface area contributed by atoms with Crippen LogP contribution in [0.2, 0.25) is 0 Å². The maximum atomic E-state index is 12.7. The van der Waals surface area contributed by atoms with Crippen molar-refractivity contribution in [3.63, 3.8) is 0 Å². The van der Waals surface area contributed by atoms with E-state index in [1.54, 1.807) is 24.3 Å². The second-order valence-corrected chi connectivity index (χ2v) is 7.88. The van der Waals surface area contributed by atoms with E-state index in [9.17, 15) is 17.8 Å². The van der Waals surface area contributed by atoms with E-state index in [1.807, 2.05) is 30.3 Å². The molecule has 3 rings (SSSR count). The number of carbonyl (C=O) groups excluding carboxylic acids is 1. The second kappa shape index (κ2) is 9.91. The van der Waals surface area contributed by atoms with Gasteiger partial charge in [-0.3, -0.25) is 4.79 Å². The molecule has 140 valence electrons. The van der Waals surface area contributed by atoms with Gasteiger partial charge in [-0.15, -0.1) is 0 Å². The third-order valence-corrected chi connectivity index (χ3v) is 5.66. The van der Waals surface area contributed by atoms with Gasteiger partial charge in [-0.25, -0.2) is 8.42 Å². The van der Waals surface area contributed by atoms with Gasteiger partial charge < -0.3 is 9.87 Å². The molecule has 0 aliphatic heterocycles. The molecule has 0 saturated carbocycles. The monoisotopic (exact) mass is 423 g/mol. The Bertz CT molecular complexity index is 1070. The summed E-state index contributed by atoms with van der Waals surface area (Å²) < 4.78 is 34.5. The molecule has 0 bridgehead atoms. The van der Waals surface area contributed by atoms with E-state index in [4.69, 9.17) is 0 Å². The summed E-state index contributed by atoms with van der Waals surface area (Å²) in [6.07, 6.45) is 0.543. The fourth-order valence-corrected chi connectivity index (χ4v) is 3.95. The van der Waals surface area contributed by atoms with Gasteiger partial charge in [0.2, 0.25) is 5.91 Å². The molecule has 28 heavy (non-hydrogen) atoms. The average molecular weight is 423 g/mol. The molecular weight excluding hydrogens is 405 g/mol. The van der Waals surface area contributed by atoms with Crippen molar-refractivity contribution < 1.29 is 47.3 Å². The van der Waals surface area contributed by atoms with Crippen molar-refractivity contribution in [2.24, 2.45) is 5.92 Å². The minimum atomic E-state index is -4.61. The summed E-state index contributed by atoms with van der Waals surface area (Å²) in [4.78, 5) is 12.4. The van der Waals surface area contributed by atoms with Gasteiger partial charge in [0.1, 0.15) is 10.1 Å². The Balaban J connectivity index is 0.00000280. The predicted molar refractivity (Wildman–Crippen MR) is 108 cm³/mol. The number of hydrogen-bond donors (Lipinski definition) is 2. The number of anilines is 1. The van der Waals surface area contributed by atoms with Gasteiger partial charge in [-0.1, -0.05) is 54.6 Å². The van der Waals surface area contributed by atoms with Gasteiger partial charge in [-0.05, 0) is 24.1 Å². The Kier molecular flexibility index (Phi) is 8.12. The quantitative estimate of drug-likeness (QED) is 0.343. The Morgan fingerprint density at radius 2 is 1.57 bits per heavy atom. The van der Waals surface area contributed by atoms with Crippen LogP contribution in [-0.4, -0.2) is 24.6 Å². The molecule has 0 heterocycles. The molecule has 0 aliphatic carbocycles. The van der Waals surface area contributed by atoms with Crippen LogP contribution in [0.5, 0.6) is 0 Å². The van der Waals surface area contributed by atoms with Gasteiger partial charge >= 0.3 is 29.6 Å². The topological polar surface area (TPSA) is 86.3 Å². The normalized spacial score (nSPS) is 12.2. The molecule has 0 aromatic heterocycles. The number of hydrogen-bond acceptors (Lipinski definition) is 5. The molecule has 0 fully saturated rings. The Labute approximate surface area is 192 Å². The molecule has 0 aliphatic rings. The Hall–Kier alpha value is -1.35. The van der Waals surface area contributed by atoms with Crippen LogP contribution in [0.1, 0.15) is 5.56 Å². The third kappa shape index (κ3) is 5.37. The van der Waals surface area contributed by atoms with Crippen molar-refractivity contribution in [2.45, 2.75) is 11.3 Å². The van der Waals surface area contributed by atoms with Crippen molar-refractivity contribution in [1.82, 2.24) is 0 Å². The number of benzene rings is 3. The van der Waals surface area contributed by atoms with Crippen molar-refractivity contribution in [2.75, 3.05) is 11.1 Å². The molecule has 1 amide bonds. The zero-order valence-corrected chi connectivity index (χ0v) is 19.0. The van der Waals surface area contributed by atoms with E-state index in [2.05, 4.69) is 17.9 Å². The first-order valence-corrected chi connectivity index (χ1v) is 10.4. The minimum Gasteiger partial charge on any atom is -0.744 e. The number of thiol groups is 1. The van der Waals surface area contributed by atoms with Crippen molar-refractivity contribution in [1.29, 1.82) is 0 Å². The van der Waals surface area contributed by atoms with Crippen LogP contribution in [0.25, 0.3) is 10.8 Å². The first-order valence-electron chi connectivity index (χ1n) is 8.33. The zero-order valence-electron chi connectivity index (χ0n) is 15.3. The number of fused-ring (bicyclic) bond motifs is 1. The molecule has 5 nitrogen and oxygen atoms in total. The van der Waals surface area contributed by atoms with Crippen molar-refractivity contribution in [3.8, 4) is 0 Å². The van der Waals surface area contributed by atoms with E-state index in [-0.39, 0.29) is 51.7 Å². The molecule has 1 atom stereocenters. The second-order valence-electron chi connectivity index (χ2n) is 6.17. The van der Waals surface area contributed by atoms with Gasteiger partial charge in [0.15, 0.2) is 0 Å². The minimum absolute atomic E-state index is 0. The molecule has 1 unspecified atom stereocenters. The smallest absolute Gasteiger partial charge is 0.744 e. The number of carbonyl (C=O) groups is 1. The number of amides is 1. The summed E-state index contributed by atoms with van der Waals surface area (Å²) in [6.45, 7) is 0. The van der Waals surface area contributed by atoms with Crippen LogP contribution >= 0.6 is 12.6 Å². The van der Waals surface area contributed by atoms with Gasteiger partial charge in [-0.2, -0.15) is 12.6 Å². The van der Waals surface area contributed by atoms with E-state index >= 15 is 0 Å². The summed E-state index contributed by atoms with van der Waals surface area (Å²) in [6, 6.07) is 18.9. The van der Waals surface area contributed by atoms with Gasteiger partial charge in [0.05, 0.1) is 10.8 Å². The molecule has 8 heteroatoms. The molecular formula is C20H18NNaO4S2. The van der Waals surface area contributed by atoms with E-state index in [0.29, 0.717) is 23.2 Å². The zero-order chi connectivity index (χ0) is 19.4. The summed E-state index contributed by atoms with van der Waals surface area (Å²) in [5.41, 5.74) is 1.49. The van der Waals surface area contributed by atoms with E-state index in [0.717, 1.165) is 5.56 Å². The number of rotatable bonds is 6. The van der Waals surface area contributed by atoms with Crippen LogP contribution in [0.4, 0.5) is 5.69 Å². The molecule has 0 radical (unpaired) electrons. The third-order valence-electron chi connectivity index (χ3n) is 4.33.